The maximum absolute atomic E-state index is 11.0. The first-order valence-corrected chi connectivity index (χ1v) is 3.02. The molecule has 0 aliphatic carbocycles. The van der Waals surface area contributed by atoms with Gasteiger partial charge in [0.15, 0.2) is 0 Å². The average molecular weight is 148 g/mol. The lowest BCUT2D eigenvalue weighted by Gasteiger charge is -1.92. The number of aromatic nitrogens is 4. The van der Waals surface area contributed by atoms with Gasteiger partial charge in [0, 0.05) is 12.4 Å². The highest BCUT2D eigenvalue weighted by Gasteiger charge is 1.93. The van der Waals surface area contributed by atoms with E-state index in [0.29, 0.717) is 5.78 Å². The molecule has 0 saturated carbocycles. The fourth-order valence-electron chi connectivity index (χ4n) is 0.800. The number of nitrogens with zero attached hydrogens (tertiary/aromatic N) is 4. The zero-order valence-electron chi connectivity index (χ0n) is 5.51. The summed E-state index contributed by atoms with van der Waals surface area (Å²) in [4.78, 5) is 22.1. The molecule has 0 aliphatic rings. The van der Waals surface area contributed by atoms with Crippen molar-refractivity contribution in [1.29, 1.82) is 0 Å². The van der Waals surface area contributed by atoms with Crippen LogP contribution >= 0.6 is 0 Å². The van der Waals surface area contributed by atoms with Crippen LogP contribution in [0.4, 0.5) is 0 Å². The van der Waals surface area contributed by atoms with Gasteiger partial charge in [0.2, 0.25) is 5.78 Å². The summed E-state index contributed by atoms with van der Waals surface area (Å²) in [6, 6.07) is 1.65. The van der Waals surface area contributed by atoms with E-state index < -0.39 is 0 Å². The minimum Gasteiger partial charge on any atom is -0.245 e. The fourth-order valence-corrected chi connectivity index (χ4v) is 0.800. The van der Waals surface area contributed by atoms with Crippen LogP contribution in [0.5, 0.6) is 0 Å². The molecule has 2 rings (SSSR count). The molecule has 2 aromatic heterocycles. The molecule has 0 aliphatic heterocycles. The minimum atomic E-state index is -0.358. The van der Waals surface area contributed by atoms with Crippen LogP contribution in [0.25, 0.3) is 5.78 Å². The van der Waals surface area contributed by atoms with Crippen molar-refractivity contribution in [2.24, 2.45) is 0 Å². The molecule has 0 amide bonds. The van der Waals surface area contributed by atoms with E-state index in [1.807, 2.05) is 0 Å². The summed E-state index contributed by atoms with van der Waals surface area (Å²) >= 11 is 0. The molecule has 0 unspecified atom stereocenters. The van der Waals surface area contributed by atoms with Gasteiger partial charge in [-0.3, -0.25) is 0 Å². The molecular weight excluding hydrogens is 144 g/mol. The maximum Gasteiger partial charge on any atom is 0.356 e. The van der Waals surface area contributed by atoms with Gasteiger partial charge in [0.05, 0.1) is 0 Å². The van der Waals surface area contributed by atoms with Gasteiger partial charge in [-0.15, -0.1) is 0 Å². The molecule has 54 valence electrons. The van der Waals surface area contributed by atoms with Crippen molar-refractivity contribution >= 4 is 5.78 Å². The van der Waals surface area contributed by atoms with E-state index in [2.05, 4.69) is 15.0 Å². The smallest absolute Gasteiger partial charge is 0.245 e. The van der Waals surface area contributed by atoms with Crippen molar-refractivity contribution in [2.45, 2.75) is 0 Å². The Kier molecular flexibility index (Phi) is 1.15. The number of hydrogen-bond acceptors (Lipinski definition) is 4. The molecule has 0 radical (unpaired) electrons. The molecule has 11 heavy (non-hydrogen) atoms. The molecule has 0 saturated heterocycles. The van der Waals surface area contributed by atoms with Crippen LogP contribution in [0.15, 0.2) is 29.6 Å². The Balaban J connectivity index is 3.03. The van der Waals surface area contributed by atoms with Crippen molar-refractivity contribution in [3.05, 3.63) is 35.3 Å². The second kappa shape index (κ2) is 2.12. The minimum absolute atomic E-state index is 0.358. The molecular formula is C6H4N4O. The van der Waals surface area contributed by atoms with E-state index in [1.165, 1.54) is 10.7 Å². The average Bonchev–Trinajstić information content (AvgIpc) is 2.06. The summed E-state index contributed by atoms with van der Waals surface area (Å²) in [5.41, 5.74) is -0.358. The summed E-state index contributed by atoms with van der Waals surface area (Å²) in [5.74, 6) is 0.368. The lowest BCUT2D eigenvalue weighted by molar-refractivity contribution is 0.911. The highest BCUT2D eigenvalue weighted by atomic mass is 16.1. The molecule has 0 bridgehead atoms. The van der Waals surface area contributed by atoms with Crippen LogP contribution in [0.2, 0.25) is 0 Å². The normalized spacial score (nSPS) is 10.2. The van der Waals surface area contributed by atoms with Crippen molar-refractivity contribution in [1.82, 2.24) is 19.4 Å². The molecule has 2 heterocycles. The van der Waals surface area contributed by atoms with Crippen LogP contribution in [0, 0.1) is 0 Å². The largest absolute Gasteiger partial charge is 0.356 e. The van der Waals surface area contributed by atoms with Gasteiger partial charge in [-0.2, -0.15) is 4.98 Å². The van der Waals surface area contributed by atoms with Crippen LogP contribution in [0.3, 0.4) is 0 Å². The number of rotatable bonds is 0. The van der Waals surface area contributed by atoms with Crippen molar-refractivity contribution in [3.8, 4) is 0 Å². The van der Waals surface area contributed by atoms with Crippen molar-refractivity contribution < 1.29 is 0 Å². The topological polar surface area (TPSA) is 60.2 Å². The third-order valence-corrected chi connectivity index (χ3v) is 1.27. The Morgan fingerprint density at radius 3 is 3.00 bits per heavy atom. The zero-order valence-corrected chi connectivity index (χ0v) is 5.51. The number of fused-ring (bicyclic) bond motifs is 1. The lowest BCUT2D eigenvalue weighted by atomic mass is 10.7. The molecule has 5 nitrogen and oxygen atoms in total. The molecule has 0 fully saturated rings. The number of hydrogen-bond donors (Lipinski definition) is 0. The first-order valence-electron chi connectivity index (χ1n) is 3.02. The van der Waals surface area contributed by atoms with Crippen LogP contribution < -0.4 is 5.69 Å². The quantitative estimate of drug-likeness (QED) is 0.504. The Bertz CT molecular complexity index is 430. The maximum atomic E-state index is 11.0. The standard InChI is InChI=1S/C6H4N4O/c11-6-9-4-8-5-7-2-1-3-10(5)6/h1-4H. The Labute approximate surface area is 61.4 Å². The van der Waals surface area contributed by atoms with E-state index in [1.54, 1.807) is 18.5 Å². The molecule has 5 heteroatoms. The third-order valence-electron chi connectivity index (χ3n) is 1.27. The van der Waals surface area contributed by atoms with E-state index in [9.17, 15) is 4.79 Å². The van der Waals surface area contributed by atoms with E-state index >= 15 is 0 Å². The monoisotopic (exact) mass is 148 g/mol. The Morgan fingerprint density at radius 2 is 2.18 bits per heavy atom. The van der Waals surface area contributed by atoms with Gasteiger partial charge >= 0.3 is 5.69 Å². The van der Waals surface area contributed by atoms with E-state index in [-0.39, 0.29) is 5.69 Å². The summed E-state index contributed by atoms with van der Waals surface area (Å²) in [6.45, 7) is 0. The van der Waals surface area contributed by atoms with Gasteiger partial charge in [-0.05, 0) is 6.07 Å². The predicted molar refractivity (Wildman–Crippen MR) is 37.1 cm³/mol. The third kappa shape index (κ3) is 0.861. The van der Waals surface area contributed by atoms with Crippen molar-refractivity contribution in [2.75, 3.05) is 0 Å². The first kappa shape index (κ1) is 5.96. The Morgan fingerprint density at radius 1 is 1.27 bits per heavy atom. The van der Waals surface area contributed by atoms with Crippen LogP contribution in [0.1, 0.15) is 0 Å². The molecule has 0 spiro atoms. The second-order valence-corrected chi connectivity index (χ2v) is 1.95. The zero-order chi connectivity index (χ0) is 7.68. The van der Waals surface area contributed by atoms with Gasteiger partial charge in [-0.25, -0.2) is 19.2 Å². The van der Waals surface area contributed by atoms with Gasteiger partial charge in [0.1, 0.15) is 6.33 Å². The molecule has 0 aromatic carbocycles. The summed E-state index contributed by atoms with van der Waals surface area (Å²) in [5, 5.41) is 0. The fraction of sp³-hybridized carbons (Fsp3) is 0. The second-order valence-electron chi connectivity index (χ2n) is 1.95. The van der Waals surface area contributed by atoms with E-state index in [4.69, 9.17) is 0 Å². The summed E-state index contributed by atoms with van der Waals surface area (Å²) < 4.78 is 1.28. The summed E-state index contributed by atoms with van der Waals surface area (Å²) in [6.07, 6.45) is 4.34. The SMILES string of the molecule is O=c1ncnc2ncccn12. The molecule has 2 aromatic rings. The Hall–Kier alpha value is -1.78. The van der Waals surface area contributed by atoms with Crippen molar-refractivity contribution in [3.63, 3.8) is 0 Å². The first-order chi connectivity index (χ1) is 5.38. The van der Waals surface area contributed by atoms with Crippen LogP contribution in [-0.2, 0) is 0 Å². The molecule has 0 N–H and O–H groups in total. The van der Waals surface area contributed by atoms with Gasteiger partial charge < -0.3 is 0 Å². The predicted octanol–water partition coefficient (Wildman–Crippen LogP) is -0.515. The van der Waals surface area contributed by atoms with Crippen LogP contribution in [-0.4, -0.2) is 19.4 Å². The molecule has 0 atom stereocenters. The highest BCUT2D eigenvalue weighted by Crippen LogP contribution is 1.85. The lowest BCUT2D eigenvalue weighted by Crippen LogP contribution is -2.17. The van der Waals surface area contributed by atoms with Gasteiger partial charge in [0.25, 0.3) is 0 Å². The van der Waals surface area contributed by atoms with E-state index in [0.717, 1.165) is 0 Å². The highest BCUT2D eigenvalue weighted by molar-refractivity contribution is 5.22. The van der Waals surface area contributed by atoms with Gasteiger partial charge in [-0.1, -0.05) is 0 Å². The summed E-state index contributed by atoms with van der Waals surface area (Å²) in [7, 11) is 0.